The summed E-state index contributed by atoms with van der Waals surface area (Å²) in [6.07, 6.45) is 7.99. The lowest BCUT2D eigenvalue weighted by Crippen LogP contribution is -2.50. The van der Waals surface area contributed by atoms with Crippen molar-refractivity contribution in [3.63, 3.8) is 0 Å². The van der Waals surface area contributed by atoms with Crippen LogP contribution in [0.5, 0.6) is 0 Å². The average Bonchev–Trinajstić information content (AvgIpc) is 3.12. The number of nitrogens with one attached hydrogen (secondary N) is 2. The van der Waals surface area contributed by atoms with Gasteiger partial charge in [0.2, 0.25) is 5.91 Å². The number of amides is 1. The Morgan fingerprint density at radius 3 is 2.33 bits per heavy atom. The molecular weight excluding hydrogens is 453 g/mol. The van der Waals surface area contributed by atoms with Crippen LogP contribution >= 0.6 is 24.0 Å². The Bertz CT molecular complexity index is 469. The third kappa shape index (κ3) is 7.07. The number of likely N-dealkylation sites (tertiary alicyclic amines) is 1. The largest absolute Gasteiger partial charge is 0.356 e. The standard InChI is InChI=1S/C20H39N5O.HI/c1-5-12-25-13-8-17(9-14-25)15-22-19(21-2)23-16-20(10-6-7-11-20)18(26)24(3)4;/h17H,5-16H2,1-4H3,(H2,21,22,23);1H. The van der Waals surface area contributed by atoms with E-state index in [1.54, 1.807) is 4.90 Å². The van der Waals surface area contributed by atoms with E-state index in [-0.39, 0.29) is 35.3 Å². The van der Waals surface area contributed by atoms with Crippen LogP contribution in [-0.4, -0.2) is 75.5 Å². The fourth-order valence-electron chi connectivity index (χ4n) is 4.44. The maximum absolute atomic E-state index is 12.7. The molecular formula is C20H40IN5O. The van der Waals surface area contributed by atoms with Crippen molar-refractivity contribution < 1.29 is 4.79 Å². The minimum Gasteiger partial charge on any atom is -0.356 e. The van der Waals surface area contributed by atoms with Crippen molar-refractivity contribution in [2.45, 2.75) is 51.9 Å². The van der Waals surface area contributed by atoms with Crippen LogP contribution in [0.4, 0.5) is 0 Å². The van der Waals surface area contributed by atoms with E-state index in [1.807, 2.05) is 21.1 Å². The Morgan fingerprint density at radius 1 is 1.19 bits per heavy atom. The Kier molecular flexibility index (Phi) is 11.0. The maximum atomic E-state index is 12.7. The molecule has 7 heteroatoms. The summed E-state index contributed by atoms with van der Waals surface area (Å²) in [6, 6.07) is 0. The highest BCUT2D eigenvalue weighted by molar-refractivity contribution is 14.0. The minimum absolute atomic E-state index is 0. The molecule has 27 heavy (non-hydrogen) atoms. The van der Waals surface area contributed by atoms with Gasteiger partial charge in [0.05, 0.1) is 5.41 Å². The molecule has 158 valence electrons. The van der Waals surface area contributed by atoms with Crippen molar-refractivity contribution in [1.29, 1.82) is 0 Å². The molecule has 1 heterocycles. The lowest BCUT2D eigenvalue weighted by atomic mass is 9.84. The quantitative estimate of drug-likeness (QED) is 0.325. The number of hydrogen-bond acceptors (Lipinski definition) is 3. The molecule has 0 unspecified atom stereocenters. The van der Waals surface area contributed by atoms with E-state index in [0.717, 1.165) is 38.2 Å². The summed E-state index contributed by atoms with van der Waals surface area (Å²) < 4.78 is 0. The summed E-state index contributed by atoms with van der Waals surface area (Å²) in [4.78, 5) is 21.4. The van der Waals surface area contributed by atoms with Gasteiger partial charge in [0, 0.05) is 34.2 Å². The van der Waals surface area contributed by atoms with E-state index in [2.05, 4.69) is 27.4 Å². The van der Waals surface area contributed by atoms with E-state index in [4.69, 9.17) is 0 Å². The molecule has 0 spiro atoms. The first-order valence-corrected chi connectivity index (χ1v) is 10.4. The Morgan fingerprint density at radius 2 is 1.81 bits per heavy atom. The Labute approximate surface area is 182 Å². The van der Waals surface area contributed by atoms with Crippen molar-refractivity contribution >= 4 is 35.8 Å². The second-order valence-electron chi connectivity index (χ2n) is 8.28. The summed E-state index contributed by atoms with van der Waals surface area (Å²) in [5, 5.41) is 6.93. The van der Waals surface area contributed by atoms with Crippen molar-refractivity contribution in [1.82, 2.24) is 20.4 Å². The van der Waals surface area contributed by atoms with Crippen LogP contribution < -0.4 is 10.6 Å². The van der Waals surface area contributed by atoms with Crippen LogP contribution in [0.2, 0.25) is 0 Å². The van der Waals surface area contributed by atoms with E-state index < -0.39 is 0 Å². The van der Waals surface area contributed by atoms with Crippen LogP contribution in [0.25, 0.3) is 0 Å². The number of rotatable bonds is 7. The molecule has 6 nitrogen and oxygen atoms in total. The van der Waals surface area contributed by atoms with Gasteiger partial charge in [0.1, 0.15) is 0 Å². The maximum Gasteiger partial charge on any atom is 0.230 e. The molecule has 1 amide bonds. The lowest BCUT2D eigenvalue weighted by Gasteiger charge is -2.33. The van der Waals surface area contributed by atoms with Crippen molar-refractivity contribution in [3.8, 4) is 0 Å². The fourth-order valence-corrected chi connectivity index (χ4v) is 4.44. The number of hydrogen-bond donors (Lipinski definition) is 2. The summed E-state index contributed by atoms with van der Waals surface area (Å²) in [5.41, 5.74) is -0.257. The molecule has 0 aromatic carbocycles. The van der Waals surface area contributed by atoms with Crippen molar-refractivity contribution in [2.75, 3.05) is 53.9 Å². The Hall–Kier alpha value is -0.570. The normalized spacial score (nSPS) is 20.8. The van der Waals surface area contributed by atoms with Crippen molar-refractivity contribution in [2.24, 2.45) is 16.3 Å². The van der Waals surface area contributed by atoms with Gasteiger partial charge in [0.25, 0.3) is 0 Å². The van der Waals surface area contributed by atoms with Gasteiger partial charge in [-0.1, -0.05) is 19.8 Å². The predicted molar refractivity (Wildman–Crippen MR) is 124 cm³/mol. The smallest absolute Gasteiger partial charge is 0.230 e. The van der Waals surface area contributed by atoms with E-state index >= 15 is 0 Å². The minimum atomic E-state index is -0.257. The first-order chi connectivity index (χ1) is 12.5. The third-order valence-corrected chi connectivity index (χ3v) is 6.04. The monoisotopic (exact) mass is 493 g/mol. The van der Waals surface area contributed by atoms with Crippen LogP contribution in [0.1, 0.15) is 51.9 Å². The summed E-state index contributed by atoms with van der Waals surface area (Å²) >= 11 is 0. The van der Waals surface area contributed by atoms with Crippen LogP contribution in [-0.2, 0) is 4.79 Å². The third-order valence-electron chi connectivity index (χ3n) is 6.04. The second-order valence-corrected chi connectivity index (χ2v) is 8.28. The molecule has 1 aliphatic heterocycles. The zero-order valence-corrected chi connectivity index (χ0v) is 20.1. The van der Waals surface area contributed by atoms with Gasteiger partial charge in [-0.25, -0.2) is 0 Å². The van der Waals surface area contributed by atoms with Gasteiger partial charge in [-0.3, -0.25) is 9.79 Å². The van der Waals surface area contributed by atoms with Crippen LogP contribution in [0, 0.1) is 11.3 Å². The molecule has 0 radical (unpaired) electrons. The molecule has 2 aliphatic rings. The molecule has 2 rings (SSSR count). The SMILES string of the molecule is CCCN1CCC(CNC(=NC)NCC2(C(=O)N(C)C)CCCC2)CC1.I. The molecule has 0 aromatic rings. The highest BCUT2D eigenvalue weighted by Gasteiger charge is 2.42. The van der Waals surface area contributed by atoms with Gasteiger partial charge in [-0.15, -0.1) is 24.0 Å². The predicted octanol–water partition coefficient (Wildman–Crippen LogP) is 2.54. The first-order valence-electron chi connectivity index (χ1n) is 10.4. The molecule has 1 aliphatic carbocycles. The Balaban J connectivity index is 0.00000364. The molecule has 2 N–H and O–H groups in total. The zero-order chi connectivity index (χ0) is 19.0. The van der Waals surface area contributed by atoms with Gasteiger partial charge >= 0.3 is 0 Å². The van der Waals surface area contributed by atoms with E-state index in [1.165, 1.54) is 38.9 Å². The van der Waals surface area contributed by atoms with E-state index in [0.29, 0.717) is 12.5 Å². The molecule has 2 fully saturated rings. The molecule has 0 bridgehead atoms. The van der Waals surface area contributed by atoms with Gasteiger partial charge < -0.3 is 20.4 Å². The highest BCUT2D eigenvalue weighted by Crippen LogP contribution is 2.38. The van der Waals surface area contributed by atoms with Gasteiger partial charge in [0.15, 0.2) is 5.96 Å². The van der Waals surface area contributed by atoms with Crippen LogP contribution in [0.15, 0.2) is 4.99 Å². The fraction of sp³-hybridized carbons (Fsp3) is 0.900. The highest BCUT2D eigenvalue weighted by atomic mass is 127. The first kappa shape index (κ1) is 24.5. The topological polar surface area (TPSA) is 60.0 Å². The molecule has 0 atom stereocenters. The number of aliphatic imine (C=N–C) groups is 1. The van der Waals surface area contributed by atoms with Crippen molar-refractivity contribution in [3.05, 3.63) is 0 Å². The summed E-state index contributed by atoms with van der Waals surface area (Å²) in [7, 11) is 5.54. The average molecular weight is 493 g/mol. The second kappa shape index (κ2) is 12.1. The summed E-state index contributed by atoms with van der Waals surface area (Å²) in [5.74, 6) is 1.80. The molecule has 1 saturated heterocycles. The molecule has 1 saturated carbocycles. The van der Waals surface area contributed by atoms with Gasteiger partial charge in [-0.05, 0) is 57.7 Å². The number of guanidine groups is 1. The zero-order valence-electron chi connectivity index (χ0n) is 17.7. The van der Waals surface area contributed by atoms with Gasteiger partial charge in [-0.2, -0.15) is 0 Å². The number of piperidine rings is 1. The van der Waals surface area contributed by atoms with E-state index in [9.17, 15) is 4.79 Å². The molecule has 0 aromatic heterocycles. The lowest BCUT2D eigenvalue weighted by molar-refractivity contribution is -0.138. The van der Waals surface area contributed by atoms with Crippen LogP contribution in [0.3, 0.4) is 0 Å². The number of nitrogens with zero attached hydrogens (tertiary/aromatic N) is 3. The number of carbonyl (C=O) groups excluding carboxylic acids is 1. The number of carbonyl (C=O) groups is 1. The number of halogens is 1. The summed E-state index contributed by atoms with van der Waals surface area (Å²) in [6.45, 7) is 7.55.